The number of amides is 3. The maximum absolute atomic E-state index is 12.0. The highest BCUT2D eigenvalue weighted by molar-refractivity contribution is 5.94. The van der Waals surface area contributed by atoms with Gasteiger partial charge in [0, 0.05) is 12.1 Å². The van der Waals surface area contributed by atoms with E-state index in [4.69, 9.17) is 4.42 Å². The van der Waals surface area contributed by atoms with E-state index in [1.165, 1.54) is 0 Å². The van der Waals surface area contributed by atoms with Crippen molar-refractivity contribution in [3.05, 3.63) is 60.1 Å². The Kier molecular flexibility index (Phi) is 6.57. The van der Waals surface area contributed by atoms with Crippen LogP contribution < -0.4 is 16.0 Å². The summed E-state index contributed by atoms with van der Waals surface area (Å²) in [6.07, 6.45) is 1.61. The Labute approximate surface area is 141 Å². The van der Waals surface area contributed by atoms with Gasteiger partial charge in [-0.25, -0.2) is 4.79 Å². The fourth-order valence-corrected chi connectivity index (χ4v) is 2.29. The van der Waals surface area contributed by atoms with Crippen LogP contribution in [0.1, 0.15) is 31.2 Å². The van der Waals surface area contributed by atoms with Crippen LogP contribution in [0.4, 0.5) is 4.79 Å². The topological polar surface area (TPSA) is 88.0 Å². The molecular weight excluding hydrogens is 306 g/mol. The monoisotopic (exact) mass is 330 g/mol. The lowest BCUT2D eigenvalue weighted by molar-refractivity contribution is -0.678. The predicted molar refractivity (Wildman–Crippen MR) is 90.2 cm³/mol. The fourth-order valence-electron chi connectivity index (χ4n) is 2.29. The molecular formula is C18H24N3O3+. The maximum atomic E-state index is 12.0. The number of imide groups is 1. The van der Waals surface area contributed by atoms with Crippen LogP contribution in [0, 0.1) is 5.92 Å². The zero-order chi connectivity index (χ0) is 17.4. The van der Waals surface area contributed by atoms with E-state index in [2.05, 4.69) is 10.6 Å². The second-order valence-electron chi connectivity index (χ2n) is 6.00. The van der Waals surface area contributed by atoms with E-state index in [0.29, 0.717) is 12.5 Å². The molecule has 3 amide bonds. The molecule has 2 rings (SSSR count). The first-order chi connectivity index (χ1) is 11.6. The summed E-state index contributed by atoms with van der Waals surface area (Å²) in [6, 6.07) is 12.9. The number of carbonyl (C=O) groups excluding carboxylic acids is 2. The van der Waals surface area contributed by atoms with Gasteiger partial charge in [-0.3, -0.25) is 10.1 Å². The molecule has 0 aliphatic rings. The highest BCUT2D eigenvalue weighted by atomic mass is 16.3. The van der Waals surface area contributed by atoms with Gasteiger partial charge in [0.25, 0.3) is 5.91 Å². The Morgan fingerprint density at radius 2 is 1.88 bits per heavy atom. The Bertz CT molecular complexity index is 639. The van der Waals surface area contributed by atoms with Gasteiger partial charge in [0.2, 0.25) is 0 Å². The minimum absolute atomic E-state index is 0.120. The smallest absolute Gasteiger partial charge is 0.321 e. The maximum Gasteiger partial charge on any atom is 0.321 e. The van der Waals surface area contributed by atoms with Crippen LogP contribution in [-0.2, 0) is 4.79 Å². The van der Waals surface area contributed by atoms with Gasteiger partial charge in [0.1, 0.15) is 0 Å². The molecule has 6 heteroatoms. The molecule has 0 unspecified atom stereocenters. The standard InChI is InChI=1S/C18H23N3O3/c1-13(2)11-20-18(23)21-16(22)12-19-17(15-9-6-10-24-15)14-7-4-3-5-8-14/h3-10,13,17,19H,11-12H2,1-2H3,(H2,20,21,22,23)/p+1/t17-/m0/s1. The molecule has 1 aromatic carbocycles. The van der Waals surface area contributed by atoms with E-state index in [9.17, 15) is 9.59 Å². The van der Waals surface area contributed by atoms with Crippen molar-refractivity contribution in [2.45, 2.75) is 19.9 Å². The lowest BCUT2D eigenvalue weighted by atomic mass is 10.0. The van der Waals surface area contributed by atoms with Crippen molar-refractivity contribution >= 4 is 11.9 Å². The molecule has 1 aromatic heterocycles. The summed E-state index contributed by atoms with van der Waals surface area (Å²) >= 11 is 0. The molecule has 128 valence electrons. The van der Waals surface area contributed by atoms with Crippen molar-refractivity contribution in [2.75, 3.05) is 13.1 Å². The van der Waals surface area contributed by atoms with Gasteiger partial charge in [0.05, 0.1) is 6.26 Å². The summed E-state index contributed by atoms with van der Waals surface area (Å²) in [5.74, 6) is 0.751. The highest BCUT2D eigenvalue weighted by Crippen LogP contribution is 2.18. The fraction of sp³-hybridized carbons (Fsp3) is 0.333. The Morgan fingerprint density at radius 3 is 2.50 bits per heavy atom. The summed E-state index contributed by atoms with van der Waals surface area (Å²) in [5, 5.41) is 6.84. The molecule has 0 radical (unpaired) electrons. The molecule has 0 spiro atoms. The molecule has 0 saturated heterocycles. The lowest BCUT2D eigenvalue weighted by Crippen LogP contribution is -2.87. The lowest BCUT2D eigenvalue weighted by Gasteiger charge is -2.14. The molecule has 0 bridgehead atoms. The number of nitrogens with one attached hydrogen (secondary N) is 2. The molecule has 24 heavy (non-hydrogen) atoms. The van der Waals surface area contributed by atoms with Crippen molar-refractivity contribution in [1.29, 1.82) is 0 Å². The first kappa shape index (κ1) is 17.7. The SMILES string of the molecule is CC(C)CNC(=O)NC(=O)C[NH2+][C@@H](c1ccccc1)c1ccco1. The van der Waals surface area contributed by atoms with Crippen LogP contribution in [0.15, 0.2) is 53.1 Å². The highest BCUT2D eigenvalue weighted by Gasteiger charge is 2.21. The Balaban J connectivity index is 1.91. The molecule has 1 heterocycles. The normalized spacial score (nSPS) is 12.0. The molecule has 0 fully saturated rings. The summed E-state index contributed by atoms with van der Waals surface area (Å²) in [5.41, 5.74) is 1.03. The minimum Gasteiger partial charge on any atom is -0.463 e. The van der Waals surface area contributed by atoms with Crippen molar-refractivity contribution in [3.8, 4) is 0 Å². The summed E-state index contributed by atoms with van der Waals surface area (Å²) in [7, 11) is 0. The number of carbonyl (C=O) groups is 2. The first-order valence-electron chi connectivity index (χ1n) is 8.05. The van der Waals surface area contributed by atoms with E-state index in [1.807, 2.05) is 61.6 Å². The average molecular weight is 330 g/mol. The summed E-state index contributed by atoms with van der Waals surface area (Å²) in [4.78, 5) is 23.6. The van der Waals surface area contributed by atoms with Gasteiger partial charge in [-0.15, -0.1) is 0 Å². The molecule has 0 aliphatic carbocycles. The number of rotatable bonds is 7. The molecule has 6 nitrogen and oxygen atoms in total. The van der Waals surface area contributed by atoms with Crippen molar-refractivity contribution < 1.29 is 19.3 Å². The van der Waals surface area contributed by atoms with Crippen LogP contribution >= 0.6 is 0 Å². The average Bonchev–Trinajstić information content (AvgIpc) is 3.08. The zero-order valence-electron chi connectivity index (χ0n) is 14.0. The molecule has 0 aliphatic heterocycles. The minimum atomic E-state index is -0.462. The van der Waals surface area contributed by atoms with Gasteiger partial charge in [0.15, 0.2) is 18.3 Å². The van der Waals surface area contributed by atoms with Gasteiger partial charge in [-0.2, -0.15) is 0 Å². The largest absolute Gasteiger partial charge is 0.463 e. The molecule has 1 atom stereocenters. The van der Waals surface area contributed by atoms with Crippen LogP contribution in [0.3, 0.4) is 0 Å². The number of benzene rings is 1. The van der Waals surface area contributed by atoms with Gasteiger partial charge in [-0.1, -0.05) is 44.2 Å². The van der Waals surface area contributed by atoms with Crippen molar-refractivity contribution in [1.82, 2.24) is 10.6 Å². The number of hydrogen-bond donors (Lipinski definition) is 3. The third-order valence-electron chi connectivity index (χ3n) is 3.47. The number of urea groups is 1. The van der Waals surface area contributed by atoms with Crippen LogP contribution in [0.2, 0.25) is 0 Å². The second kappa shape index (κ2) is 8.88. The number of nitrogens with two attached hydrogens (primary N) is 1. The zero-order valence-corrected chi connectivity index (χ0v) is 14.0. The van der Waals surface area contributed by atoms with Crippen molar-refractivity contribution in [2.24, 2.45) is 5.92 Å². The van der Waals surface area contributed by atoms with Crippen molar-refractivity contribution in [3.63, 3.8) is 0 Å². The van der Waals surface area contributed by atoms with Crippen LogP contribution in [0.5, 0.6) is 0 Å². The number of hydrogen-bond acceptors (Lipinski definition) is 3. The van der Waals surface area contributed by atoms with E-state index in [1.54, 1.807) is 6.26 Å². The molecule has 0 saturated carbocycles. The van der Waals surface area contributed by atoms with E-state index in [0.717, 1.165) is 11.3 Å². The third kappa shape index (κ3) is 5.55. The van der Waals surface area contributed by atoms with Crippen LogP contribution in [0.25, 0.3) is 0 Å². The second-order valence-corrected chi connectivity index (χ2v) is 6.00. The molecule has 4 N–H and O–H groups in total. The number of furan rings is 1. The Morgan fingerprint density at radius 1 is 1.12 bits per heavy atom. The summed E-state index contributed by atoms with van der Waals surface area (Å²) in [6.45, 7) is 4.63. The third-order valence-corrected chi connectivity index (χ3v) is 3.47. The van der Waals surface area contributed by atoms with Gasteiger partial charge < -0.3 is 15.1 Å². The van der Waals surface area contributed by atoms with Gasteiger partial charge in [-0.05, 0) is 18.1 Å². The number of quaternary nitrogens is 1. The quantitative estimate of drug-likeness (QED) is 0.717. The van der Waals surface area contributed by atoms with Gasteiger partial charge >= 0.3 is 6.03 Å². The van der Waals surface area contributed by atoms with Crippen LogP contribution in [-0.4, -0.2) is 25.0 Å². The summed E-state index contributed by atoms with van der Waals surface area (Å²) < 4.78 is 5.49. The molecule has 2 aromatic rings. The first-order valence-corrected chi connectivity index (χ1v) is 8.05. The van der Waals surface area contributed by atoms with E-state index in [-0.39, 0.29) is 18.5 Å². The van der Waals surface area contributed by atoms with E-state index < -0.39 is 6.03 Å². The van der Waals surface area contributed by atoms with E-state index >= 15 is 0 Å². The Hall–Kier alpha value is -2.60. The predicted octanol–water partition coefficient (Wildman–Crippen LogP) is 1.41.